The zero-order chi connectivity index (χ0) is 19.9. The zero-order valence-corrected chi connectivity index (χ0v) is 17.6. The minimum atomic E-state index is -0.877. The van der Waals surface area contributed by atoms with Gasteiger partial charge in [-0.1, -0.05) is 68.9 Å². The second-order valence-electron chi connectivity index (χ2n) is 7.18. The van der Waals surface area contributed by atoms with E-state index in [4.69, 9.17) is 5.11 Å². The first kappa shape index (κ1) is 22.4. The maximum absolute atomic E-state index is 10.8. The number of carboxylic acid groups (broad SMARTS) is 1. The molecule has 3 nitrogen and oxygen atoms in total. The van der Waals surface area contributed by atoms with Crippen LogP contribution in [0, 0.1) is 0 Å². The van der Waals surface area contributed by atoms with Crippen molar-refractivity contribution in [3.63, 3.8) is 0 Å². The van der Waals surface area contributed by atoms with Crippen molar-refractivity contribution in [2.24, 2.45) is 0 Å². The van der Waals surface area contributed by atoms with Crippen LogP contribution in [0.2, 0.25) is 0 Å². The molecular formula is C24H33NO2S. The monoisotopic (exact) mass is 399 g/mol. The molecule has 152 valence electrons. The lowest BCUT2D eigenvalue weighted by molar-refractivity contribution is 0.0697. The van der Waals surface area contributed by atoms with Crippen molar-refractivity contribution < 1.29 is 9.90 Å². The van der Waals surface area contributed by atoms with Crippen LogP contribution in [0.3, 0.4) is 0 Å². The van der Waals surface area contributed by atoms with Gasteiger partial charge in [-0.25, -0.2) is 4.79 Å². The number of carboxylic acids is 1. The number of carbonyl (C=O) groups is 1. The predicted molar refractivity (Wildman–Crippen MR) is 121 cm³/mol. The highest BCUT2D eigenvalue weighted by Crippen LogP contribution is 2.15. The summed E-state index contributed by atoms with van der Waals surface area (Å²) >= 11 is 2.05. The van der Waals surface area contributed by atoms with Gasteiger partial charge in [0, 0.05) is 18.0 Å². The third kappa shape index (κ3) is 9.84. The minimum Gasteiger partial charge on any atom is -0.478 e. The standard InChI is InChI=1S/C24H33NO2S/c26-24(27)22-14-16-23(17-15-22)25-18-10-5-3-1-2-4-6-11-19-28-20-21-12-8-7-9-13-21/h7-9,12-17,25H,1-6,10-11,18-20H2,(H,26,27). The van der Waals surface area contributed by atoms with Gasteiger partial charge in [0.2, 0.25) is 0 Å². The number of anilines is 1. The number of benzene rings is 2. The first-order valence-electron chi connectivity index (χ1n) is 10.4. The minimum absolute atomic E-state index is 0.334. The van der Waals surface area contributed by atoms with Crippen LogP contribution in [0.15, 0.2) is 54.6 Å². The molecule has 0 heterocycles. The van der Waals surface area contributed by atoms with Crippen LogP contribution < -0.4 is 5.32 Å². The number of rotatable bonds is 15. The Morgan fingerprint density at radius 2 is 1.39 bits per heavy atom. The molecule has 0 amide bonds. The van der Waals surface area contributed by atoms with E-state index in [0.717, 1.165) is 24.4 Å². The number of aromatic carboxylic acids is 1. The molecular weight excluding hydrogens is 366 g/mol. The van der Waals surface area contributed by atoms with Gasteiger partial charge < -0.3 is 10.4 Å². The fourth-order valence-electron chi connectivity index (χ4n) is 3.12. The van der Waals surface area contributed by atoms with Gasteiger partial charge in [-0.2, -0.15) is 11.8 Å². The molecule has 0 saturated carbocycles. The highest BCUT2D eigenvalue weighted by molar-refractivity contribution is 7.98. The molecule has 0 bridgehead atoms. The Labute approximate surface area is 173 Å². The van der Waals surface area contributed by atoms with Crippen molar-refractivity contribution in [1.82, 2.24) is 0 Å². The Kier molecular flexibility index (Phi) is 11.3. The normalized spacial score (nSPS) is 10.7. The molecule has 0 aliphatic heterocycles. The van der Waals surface area contributed by atoms with E-state index in [0.29, 0.717) is 5.56 Å². The lowest BCUT2D eigenvalue weighted by atomic mass is 10.1. The summed E-state index contributed by atoms with van der Waals surface area (Å²) in [4.78, 5) is 10.8. The number of hydrogen-bond donors (Lipinski definition) is 2. The van der Waals surface area contributed by atoms with Gasteiger partial charge in [0.1, 0.15) is 0 Å². The lowest BCUT2D eigenvalue weighted by Crippen LogP contribution is -2.02. The molecule has 2 N–H and O–H groups in total. The third-order valence-corrected chi connectivity index (χ3v) is 5.90. The molecule has 0 saturated heterocycles. The summed E-state index contributed by atoms with van der Waals surface area (Å²) in [5.74, 6) is 1.53. The van der Waals surface area contributed by atoms with E-state index in [9.17, 15) is 4.79 Å². The topological polar surface area (TPSA) is 49.3 Å². The van der Waals surface area contributed by atoms with E-state index in [2.05, 4.69) is 35.6 Å². The molecule has 2 rings (SSSR count). The quantitative estimate of drug-likeness (QED) is 0.321. The van der Waals surface area contributed by atoms with Crippen molar-refractivity contribution >= 4 is 23.4 Å². The van der Waals surface area contributed by atoms with E-state index in [1.807, 2.05) is 23.9 Å². The van der Waals surface area contributed by atoms with Gasteiger partial charge >= 0.3 is 5.97 Å². The molecule has 0 fully saturated rings. The lowest BCUT2D eigenvalue weighted by Gasteiger charge is -2.07. The van der Waals surface area contributed by atoms with Crippen LogP contribution in [0.1, 0.15) is 67.3 Å². The number of nitrogens with one attached hydrogen (secondary N) is 1. The third-order valence-electron chi connectivity index (χ3n) is 4.79. The fraction of sp³-hybridized carbons (Fsp3) is 0.458. The van der Waals surface area contributed by atoms with Crippen LogP contribution in [-0.2, 0) is 5.75 Å². The first-order valence-corrected chi connectivity index (χ1v) is 11.6. The van der Waals surface area contributed by atoms with Crippen LogP contribution in [0.25, 0.3) is 0 Å². The van der Waals surface area contributed by atoms with Crippen molar-refractivity contribution in [3.05, 3.63) is 65.7 Å². The van der Waals surface area contributed by atoms with Crippen LogP contribution in [-0.4, -0.2) is 23.4 Å². The molecule has 0 aromatic heterocycles. The Morgan fingerprint density at radius 1 is 0.786 bits per heavy atom. The number of unbranched alkanes of at least 4 members (excludes halogenated alkanes) is 7. The first-order chi connectivity index (χ1) is 13.8. The smallest absolute Gasteiger partial charge is 0.335 e. The maximum atomic E-state index is 10.8. The van der Waals surface area contributed by atoms with Crippen LogP contribution in [0.4, 0.5) is 5.69 Å². The maximum Gasteiger partial charge on any atom is 0.335 e. The van der Waals surface area contributed by atoms with E-state index >= 15 is 0 Å². The molecule has 4 heteroatoms. The summed E-state index contributed by atoms with van der Waals surface area (Å²) in [6.45, 7) is 0.949. The van der Waals surface area contributed by atoms with E-state index in [1.54, 1.807) is 12.1 Å². The summed E-state index contributed by atoms with van der Waals surface area (Å²) in [5.41, 5.74) is 2.76. The Balaban J connectivity index is 1.34. The van der Waals surface area contributed by atoms with Crippen LogP contribution >= 0.6 is 11.8 Å². The highest BCUT2D eigenvalue weighted by atomic mass is 32.2. The Bertz CT molecular complexity index is 658. The molecule has 0 unspecified atom stereocenters. The van der Waals surface area contributed by atoms with Gasteiger partial charge in [0.05, 0.1) is 5.56 Å². The van der Waals surface area contributed by atoms with Crippen LogP contribution in [0.5, 0.6) is 0 Å². The van der Waals surface area contributed by atoms with E-state index in [1.165, 1.54) is 56.3 Å². The average molecular weight is 400 g/mol. The molecule has 28 heavy (non-hydrogen) atoms. The summed E-state index contributed by atoms with van der Waals surface area (Å²) in [6.07, 6.45) is 10.5. The van der Waals surface area contributed by atoms with E-state index < -0.39 is 5.97 Å². The van der Waals surface area contributed by atoms with Gasteiger partial charge in [0.15, 0.2) is 0 Å². The average Bonchev–Trinajstić information content (AvgIpc) is 2.72. The van der Waals surface area contributed by atoms with Crippen molar-refractivity contribution in [2.45, 2.75) is 57.1 Å². The summed E-state index contributed by atoms with van der Waals surface area (Å²) in [6, 6.07) is 17.7. The predicted octanol–water partition coefficient (Wildman–Crippen LogP) is 6.85. The summed E-state index contributed by atoms with van der Waals surface area (Å²) < 4.78 is 0. The largest absolute Gasteiger partial charge is 0.478 e. The molecule has 0 atom stereocenters. The molecule has 0 spiro atoms. The number of thioether (sulfide) groups is 1. The van der Waals surface area contributed by atoms with Gasteiger partial charge in [0.25, 0.3) is 0 Å². The SMILES string of the molecule is O=C(O)c1ccc(NCCCCCCCCCCSCc2ccccc2)cc1. The van der Waals surface area contributed by atoms with Gasteiger partial charge in [-0.05, 0) is 48.4 Å². The van der Waals surface area contributed by atoms with Gasteiger partial charge in [-0.15, -0.1) is 0 Å². The molecule has 2 aromatic carbocycles. The summed E-state index contributed by atoms with van der Waals surface area (Å²) in [5, 5.41) is 12.2. The van der Waals surface area contributed by atoms with Crippen molar-refractivity contribution in [2.75, 3.05) is 17.6 Å². The Morgan fingerprint density at radius 3 is 2.04 bits per heavy atom. The van der Waals surface area contributed by atoms with E-state index in [-0.39, 0.29) is 0 Å². The van der Waals surface area contributed by atoms with Crippen molar-refractivity contribution in [3.8, 4) is 0 Å². The highest BCUT2D eigenvalue weighted by Gasteiger charge is 2.01. The molecule has 0 radical (unpaired) electrons. The summed E-state index contributed by atoms with van der Waals surface area (Å²) in [7, 11) is 0. The molecule has 0 aliphatic rings. The zero-order valence-electron chi connectivity index (χ0n) is 16.7. The van der Waals surface area contributed by atoms with Gasteiger partial charge in [-0.3, -0.25) is 0 Å². The second kappa shape index (κ2) is 14.1. The molecule has 2 aromatic rings. The fourth-order valence-corrected chi connectivity index (χ4v) is 4.10. The van der Waals surface area contributed by atoms with Crippen molar-refractivity contribution in [1.29, 1.82) is 0 Å². The molecule has 0 aliphatic carbocycles. The number of hydrogen-bond acceptors (Lipinski definition) is 3. The Hall–Kier alpha value is -1.94. The second-order valence-corrected chi connectivity index (χ2v) is 8.28.